The number of hydrogen-bond donors (Lipinski definition) is 2. The van der Waals surface area contributed by atoms with Crippen molar-refractivity contribution in [3.05, 3.63) is 29.8 Å². The summed E-state index contributed by atoms with van der Waals surface area (Å²) in [4.78, 5) is 4.19. The molecule has 1 aliphatic rings. The molecule has 0 aromatic heterocycles. The quantitative estimate of drug-likeness (QED) is 0.476. The lowest BCUT2D eigenvalue weighted by Gasteiger charge is -2.15. The number of benzene rings is 1. The Kier molecular flexibility index (Phi) is 6.34. The van der Waals surface area contributed by atoms with Crippen LogP contribution in [0.5, 0.6) is 5.75 Å². The van der Waals surface area contributed by atoms with Crippen LogP contribution >= 0.6 is 0 Å². The summed E-state index contributed by atoms with van der Waals surface area (Å²) in [6, 6.07) is 8.06. The maximum absolute atomic E-state index is 5.66. The van der Waals surface area contributed by atoms with E-state index in [9.17, 15) is 0 Å². The van der Waals surface area contributed by atoms with Crippen LogP contribution < -0.4 is 15.4 Å². The van der Waals surface area contributed by atoms with Gasteiger partial charge in [-0.1, -0.05) is 17.7 Å². The van der Waals surface area contributed by atoms with Crippen LogP contribution in [-0.4, -0.2) is 45.4 Å². The van der Waals surface area contributed by atoms with Crippen molar-refractivity contribution >= 4 is 5.96 Å². The monoisotopic (exact) mass is 291 g/mol. The van der Waals surface area contributed by atoms with Crippen molar-refractivity contribution in [2.45, 2.75) is 25.9 Å². The Morgan fingerprint density at radius 1 is 1.33 bits per heavy atom. The first-order chi connectivity index (χ1) is 10.3. The first-order valence-corrected chi connectivity index (χ1v) is 7.53. The molecular weight excluding hydrogens is 266 g/mol. The van der Waals surface area contributed by atoms with Gasteiger partial charge in [-0.05, 0) is 31.9 Å². The number of ether oxygens (including phenoxy) is 2. The number of aryl methyl sites for hydroxylation is 1. The van der Waals surface area contributed by atoms with Crippen LogP contribution in [0.2, 0.25) is 0 Å². The van der Waals surface area contributed by atoms with Gasteiger partial charge in [0.05, 0.1) is 12.6 Å². The molecule has 5 heteroatoms. The normalized spacial score (nSPS) is 18.6. The zero-order valence-electron chi connectivity index (χ0n) is 12.9. The van der Waals surface area contributed by atoms with Gasteiger partial charge < -0.3 is 20.1 Å². The highest BCUT2D eigenvalue weighted by Gasteiger charge is 2.15. The summed E-state index contributed by atoms with van der Waals surface area (Å²) in [7, 11) is 1.77. The van der Waals surface area contributed by atoms with E-state index in [-0.39, 0.29) is 0 Å². The molecular formula is C16H25N3O2. The third-order valence-corrected chi connectivity index (χ3v) is 3.43. The number of aliphatic imine (C=N–C) groups is 1. The van der Waals surface area contributed by atoms with Crippen molar-refractivity contribution in [2.75, 3.05) is 33.4 Å². The Hall–Kier alpha value is -1.75. The van der Waals surface area contributed by atoms with E-state index in [1.54, 1.807) is 7.05 Å². The fraction of sp³-hybridized carbons (Fsp3) is 0.562. The predicted molar refractivity (Wildman–Crippen MR) is 85.0 cm³/mol. The maximum atomic E-state index is 5.66. The molecule has 2 rings (SSSR count). The first-order valence-electron chi connectivity index (χ1n) is 7.53. The number of guanidine groups is 1. The second-order valence-electron chi connectivity index (χ2n) is 5.18. The molecule has 0 spiro atoms. The van der Waals surface area contributed by atoms with Crippen molar-refractivity contribution in [1.82, 2.24) is 10.6 Å². The van der Waals surface area contributed by atoms with Crippen LogP contribution in [0.1, 0.15) is 18.4 Å². The van der Waals surface area contributed by atoms with Crippen molar-refractivity contribution < 1.29 is 9.47 Å². The van der Waals surface area contributed by atoms with Gasteiger partial charge in [-0.2, -0.15) is 0 Å². The van der Waals surface area contributed by atoms with E-state index in [1.165, 1.54) is 5.56 Å². The van der Waals surface area contributed by atoms with Gasteiger partial charge in [-0.3, -0.25) is 4.99 Å². The maximum Gasteiger partial charge on any atom is 0.191 e. The molecule has 0 radical (unpaired) electrons. The number of nitrogens with zero attached hydrogens (tertiary/aromatic N) is 1. The molecule has 0 aliphatic carbocycles. The molecule has 1 atom stereocenters. The van der Waals surface area contributed by atoms with Crippen LogP contribution in [0.3, 0.4) is 0 Å². The SMILES string of the molecule is CN=C(NCCOc1ccc(C)cc1)NCC1CCCO1. The summed E-state index contributed by atoms with van der Waals surface area (Å²) in [5.41, 5.74) is 1.24. The van der Waals surface area contributed by atoms with Crippen LogP contribution in [0.15, 0.2) is 29.3 Å². The summed E-state index contributed by atoms with van der Waals surface area (Å²) in [5.74, 6) is 1.68. The summed E-state index contributed by atoms with van der Waals surface area (Å²) in [5, 5.41) is 6.51. The summed E-state index contributed by atoms with van der Waals surface area (Å²) in [6.45, 7) is 5.05. The van der Waals surface area contributed by atoms with Crippen LogP contribution in [0.4, 0.5) is 0 Å². The minimum atomic E-state index is 0.312. The lowest BCUT2D eigenvalue weighted by atomic mass is 10.2. The van der Waals surface area contributed by atoms with Gasteiger partial charge in [0.2, 0.25) is 0 Å². The van der Waals surface area contributed by atoms with Crippen LogP contribution in [0, 0.1) is 6.92 Å². The van der Waals surface area contributed by atoms with E-state index in [4.69, 9.17) is 9.47 Å². The lowest BCUT2D eigenvalue weighted by Crippen LogP contribution is -2.42. The molecule has 0 amide bonds. The van der Waals surface area contributed by atoms with Crippen molar-refractivity contribution in [3.63, 3.8) is 0 Å². The zero-order valence-corrected chi connectivity index (χ0v) is 12.9. The fourth-order valence-corrected chi connectivity index (χ4v) is 2.21. The van der Waals surface area contributed by atoms with Gasteiger partial charge in [0.15, 0.2) is 5.96 Å². The van der Waals surface area contributed by atoms with Crippen molar-refractivity contribution in [3.8, 4) is 5.75 Å². The molecule has 2 N–H and O–H groups in total. The number of rotatable bonds is 6. The van der Waals surface area contributed by atoms with Crippen molar-refractivity contribution in [2.24, 2.45) is 4.99 Å². The van der Waals surface area contributed by atoms with Gasteiger partial charge in [-0.25, -0.2) is 0 Å². The van der Waals surface area contributed by atoms with E-state index in [1.807, 2.05) is 24.3 Å². The third kappa shape index (κ3) is 5.63. The average molecular weight is 291 g/mol. The Morgan fingerprint density at radius 3 is 2.81 bits per heavy atom. The van der Waals surface area contributed by atoms with Gasteiger partial charge in [0, 0.05) is 20.2 Å². The van der Waals surface area contributed by atoms with Gasteiger partial charge in [0.1, 0.15) is 12.4 Å². The topological polar surface area (TPSA) is 54.9 Å². The molecule has 1 heterocycles. The Labute approximate surface area is 126 Å². The minimum Gasteiger partial charge on any atom is -0.492 e. The molecule has 1 aromatic carbocycles. The molecule has 1 fully saturated rings. The Bertz CT molecular complexity index is 439. The molecule has 21 heavy (non-hydrogen) atoms. The lowest BCUT2D eigenvalue weighted by molar-refractivity contribution is 0.114. The van der Waals surface area contributed by atoms with E-state index in [2.05, 4.69) is 22.5 Å². The van der Waals surface area contributed by atoms with Crippen LogP contribution in [-0.2, 0) is 4.74 Å². The first kappa shape index (κ1) is 15.6. The Balaban J connectivity index is 1.60. The summed E-state index contributed by atoms with van der Waals surface area (Å²) in [6.07, 6.45) is 2.59. The fourth-order valence-electron chi connectivity index (χ4n) is 2.21. The zero-order chi connectivity index (χ0) is 14.9. The number of hydrogen-bond acceptors (Lipinski definition) is 3. The Morgan fingerprint density at radius 2 is 2.14 bits per heavy atom. The van der Waals surface area contributed by atoms with Gasteiger partial charge >= 0.3 is 0 Å². The van der Waals surface area contributed by atoms with E-state index in [0.717, 1.165) is 37.7 Å². The van der Waals surface area contributed by atoms with Crippen LogP contribution in [0.25, 0.3) is 0 Å². The van der Waals surface area contributed by atoms with E-state index < -0.39 is 0 Å². The molecule has 1 aliphatic heterocycles. The summed E-state index contributed by atoms with van der Waals surface area (Å²) >= 11 is 0. The molecule has 1 saturated heterocycles. The van der Waals surface area contributed by atoms with Crippen molar-refractivity contribution in [1.29, 1.82) is 0 Å². The molecule has 1 aromatic rings. The third-order valence-electron chi connectivity index (χ3n) is 3.43. The highest BCUT2D eigenvalue weighted by atomic mass is 16.5. The second-order valence-corrected chi connectivity index (χ2v) is 5.18. The smallest absolute Gasteiger partial charge is 0.191 e. The predicted octanol–water partition coefficient (Wildman–Crippen LogP) is 1.72. The van der Waals surface area contributed by atoms with E-state index >= 15 is 0 Å². The van der Waals surface area contributed by atoms with Gasteiger partial charge in [-0.15, -0.1) is 0 Å². The highest BCUT2D eigenvalue weighted by molar-refractivity contribution is 5.79. The molecule has 0 bridgehead atoms. The standard InChI is InChI=1S/C16H25N3O2/c1-13-5-7-14(8-6-13)21-11-9-18-16(17-2)19-12-15-4-3-10-20-15/h5-8,15H,3-4,9-12H2,1-2H3,(H2,17,18,19). The molecule has 0 saturated carbocycles. The second kappa shape index (κ2) is 8.52. The van der Waals surface area contributed by atoms with Gasteiger partial charge in [0.25, 0.3) is 0 Å². The molecule has 1 unspecified atom stereocenters. The average Bonchev–Trinajstić information content (AvgIpc) is 3.02. The van der Waals surface area contributed by atoms with E-state index in [0.29, 0.717) is 19.3 Å². The number of nitrogens with one attached hydrogen (secondary N) is 2. The summed E-state index contributed by atoms with van der Waals surface area (Å²) < 4.78 is 11.2. The highest BCUT2D eigenvalue weighted by Crippen LogP contribution is 2.11. The largest absolute Gasteiger partial charge is 0.492 e. The molecule has 116 valence electrons. The minimum absolute atomic E-state index is 0.312. The molecule has 5 nitrogen and oxygen atoms in total.